The third-order valence-corrected chi connectivity index (χ3v) is 7.00. The molecule has 1 aromatic rings. The molecule has 2 fully saturated rings. The Morgan fingerprint density at radius 1 is 1.12 bits per heavy atom. The van der Waals surface area contributed by atoms with E-state index in [1.54, 1.807) is 4.90 Å². The van der Waals surface area contributed by atoms with Crippen LogP contribution in [0.3, 0.4) is 0 Å². The standard InChI is InChI=1S/C18H28N4O3S/c1-16-13-19-7-8-21(16)14-18(23)20-9-11-22(12-10-20)26(24,25)15-17-5-3-2-4-6-17/h2-6,16,19H,7-15H2,1H3/t16-/m1/s1. The van der Waals surface area contributed by atoms with E-state index in [1.807, 2.05) is 30.3 Å². The third kappa shape index (κ3) is 4.82. The molecular formula is C18H28N4O3S. The molecule has 2 aliphatic heterocycles. The summed E-state index contributed by atoms with van der Waals surface area (Å²) in [4.78, 5) is 16.5. The Morgan fingerprint density at radius 3 is 2.46 bits per heavy atom. The second kappa shape index (κ2) is 8.47. The van der Waals surface area contributed by atoms with Crippen molar-refractivity contribution in [3.63, 3.8) is 0 Å². The summed E-state index contributed by atoms with van der Waals surface area (Å²) in [7, 11) is -3.34. The Kier molecular flexibility index (Phi) is 6.29. The summed E-state index contributed by atoms with van der Waals surface area (Å²) in [6, 6.07) is 9.56. The molecule has 0 radical (unpaired) electrons. The zero-order valence-corrected chi connectivity index (χ0v) is 16.1. The van der Waals surface area contributed by atoms with E-state index in [4.69, 9.17) is 0 Å². The van der Waals surface area contributed by atoms with Crippen LogP contribution in [0.5, 0.6) is 0 Å². The molecule has 144 valence electrons. The highest BCUT2D eigenvalue weighted by Gasteiger charge is 2.30. The molecular weight excluding hydrogens is 352 g/mol. The lowest BCUT2D eigenvalue weighted by molar-refractivity contribution is -0.134. The van der Waals surface area contributed by atoms with Gasteiger partial charge < -0.3 is 10.2 Å². The van der Waals surface area contributed by atoms with Gasteiger partial charge in [0.15, 0.2) is 0 Å². The highest BCUT2D eigenvalue weighted by Crippen LogP contribution is 2.14. The van der Waals surface area contributed by atoms with Gasteiger partial charge in [0.1, 0.15) is 0 Å². The molecule has 1 N–H and O–H groups in total. The van der Waals surface area contributed by atoms with Crippen LogP contribution in [0, 0.1) is 0 Å². The predicted molar refractivity (Wildman–Crippen MR) is 101 cm³/mol. The second-order valence-electron chi connectivity index (χ2n) is 7.05. The summed E-state index contributed by atoms with van der Waals surface area (Å²) in [5.74, 6) is 0.110. The fraction of sp³-hybridized carbons (Fsp3) is 0.611. The van der Waals surface area contributed by atoms with E-state index < -0.39 is 10.0 Å². The maximum absolute atomic E-state index is 12.6. The average molecular weight is 381 g/mol. The van der Waals surface area contributed by atoms with Crippen LogP contribution in [0.4, 0.5) is 0 Å². The first-order valence-electron chi connectivity index (χ1n) is 9.20. The van der Waals surface area contributed by atoms with Crippen molar-refractivity contribution < 1.29 is 13.2 Å². The second-order valence-corrected chi connectivity index (χ2v) is 9.01. The van der Waals surface area contributed by atoms with Gasteiger partial charge >= 0.3 is 0 Å². The number of hydrogen-bond acceptors (Lipinski definition) is 5. The number of sulfonamides is 1. The monoisotopic (exact) mass is 380 g/mol. The number of nitrogens with one attached hydrogen (secondary N) is 1. The van der Waals surface area contributed by atoms with Gasteiger partial charge in [0.25, 0.3) is 0 Å². The van der Waals surface area contributed by atoms with E-state index in [0.29, 0.717) is 38.8 Å². The number of rotatable bonds is 5. The van der Waals surface area contributed by atoms with E-state index in [1.165, 1.54) is 4.31 Å². The number of carbonyl (C=O) groups excluding carboxylic acids is 1. The molecule has 0 saturated carbocycles. The summed E-state index contributed by atoms with van der Waals surface area (Å²) in [5, 5.41) is 3.32. The van der Waals surface area contributed by atoms with E-state index in [-0.39, 0.29) is 11.7 Å². The highest BCUT2D eigenvalue weighted by atomic mass is 32.2. The zero-order valence-electron chi connectivity index (χ0n) is 15.3. The van der Waals surface area contributed by atoms with Gasteiger partial charge in [-0.05, 0) is 12.5 Å². The van der Waals surface area contributed by atoms with Gasteiger partial charge in [-0.15, -0.1) is 0 Å². The highest BCUT2D eigenvalue weighted by molar-refractivity contribution is 7.88. The largest absolute Gasteiger partial charge is 0.339 e. The maximum Gasteiger partial charge on any atom is 0.236 e. The minimum atomic E-state index is -3.34. The predicted octanol–water partition coefficient (Wildman–Crippen LogP) is -0.0457. The third-order valence-electron chi connectivity index (χ3n) is 5.15. The van der Waals surface area contributed by atoms with E-state index >= 15 is 0 Å². The summed E-state index contributed by atoms with van der Waals surface area (Å²) in [6.45, 7) is 6.89. The van der Waals surface area contributed by atoms with Gasteiger partial charge in [0, 0.05) is 51.9 Å². The van der Waals surface area contributed by atoms with Crippen molar-refractivity contribution >= 4 is 15.9 Å². The number of amides is 1. The van der Waals surface area contributed by atoms with Crippen LogP contribution in [0.2, 0.25) is 0 Å². The summed E-state index contributed by atoms with van der Waals surface area (Å²) < 4.78 is 26.7. The van der Waals surface area contributed by atoms with Gasteiger partial charge in [-0.3, -0.25) is 9.69 Å². The minimum Gasteiger partial charge on any atom is -0.339 e. The summed E-state index contributed by atoms with van der Waals surface area (Å²) in [6.07, 6.45) is 0. The van der Waals surface area contributed by atoms with Gasteiger partial charge in [-0.1, -0.05) is 30.3 Å². The Hall–Kier alpha value is -1.48. The number of piperazine rings is 2. The normalized spacial score (nSPS) is 23.1. The zero-order chi connectivity index (χ0) is 18.6. The maximum atomic E-state index is 12.6. The Morgan fingerprint density at radius 2 is 1.81 bits per heavy atom. The van der Waals surface area contributed by atoms with Crippen LogP contribution in [-0.2, 0) is 20.6 Å². The SMILES string of the molecule is C[C@@H]1CNCCN1CC(=O)N1CCN(S(=O)(=O)Cc2ccccc2)CC1. The van der Waals surface area contributed by atoms with Gasteiger partial charge in [0.2, 0.25) is 15.9 Å². The van der Waals surface area contributed by atoms with Gasteiger partial charge in [-0.25, -0.2) is 8.42 Å². The molecule has 0 spiro atoms. The molecule has 1 atom stereocenters. The molecule has 2 heterocycles. The van der Waals surface area contributed by atoms with Crippen molar-refractivity contribution in [3.8, 4) is 0 Å². The lowest BCUT2D eigenvalue weighted by Gasteiger charge is -2.37. The summed E-state index contributed by atoms with van der Waals surface area (Å²) >= 11 is 0. The van der Waals surface area contributed by atoms with Crippen LogP contribution in [0.1, 0.15) is 12.5 Å². The van der Waals surface area contributed by atoms with E-state index in [2.05, 4.69) is 17.1 Å². The van der Waals surface area contributed by atoms with Crippen LogP contribution in [0.15, 0.2) is 30.3 Å². The van der Waals surface area contributed by atoms with E-state index in [0.717, 1.165) is 25.2 Å². The number of hydrogen-bond donors (Lipinski definition) is 1. The van der Waals surface area contributed by atoms with Crippen molar-refractivity contribution in [3.05, 3.63) is 35.9 Å². The Bertz CT molecular complexity index is 702. The summed E-state index contributed by atoms with van der Waals surface area (Å²) in [5.41, 5.74) is 0.790. The van der Waals surface area contributed by atoms with Crippen molar-refractivity contribution in [1.82, 2.24) is 19.4 Å². The molecule has 7 nitrogen and oxygen atoms in total. The smallest absolute Gasteiger partial charge is 0.236 e. The number of benzene rings is 1. The lowest BCUT2D eigenvalue weighted by atomic mass is 10.2. The quantitative estimate of drug-likeness (QED) is 0.776. The fourth-order valence-corrected chi connectivity index (χ4v) is 5.00. The molecule has 0 bridgehead atoms. The molecule has 0 aliphatic carbocycles. The van der Waals surface area contributed by atoms with Crippen LogP contribution < -0.4 is 5.32 Å². The molecule has 2 saturated heterocycles. The first kappa shape index (κ1) is 19.3. The van der Waals surface area contributed by atoms with Gasteiger partial charge in [0.05, 0.1) is 12.3 Å². The molecule has 0 aromatic heterocycles. The molecule has 1 aromatic carbocycles. The van der Waals surface area contributed by atoms with Crippen molar-refractivity contribution in [2.75, 3.05) is 52.4 Å². The molecule has 26 heavy (non-hydrogen) atoms. The van der Waals surface area contributed by atoms with Crippen LogP contribution in [-0.4, -0.2) is 86.8 Å². The first-order chi connectivity index (χ1) is 12.5. The molecule has 0 unspecified atom stereocenters. The Balaban J connectivity index is 1.51. The lowest BCUT2D eigenvalue weighted by Crippen LogP contribution is -2.56. The average Bonchev–Trinajstić information content (AvgIpc) is 2.64. The van der Waals surface area contributed by atoms with Crippen molar-refractivity contribution in [2.24, 2.45) is 0 Å². The van der Waals surface area contributed by atoms with E-state index in [9.17, 15) is 13.2 Å². The first-order valence-corrected chi connectivity index (χ1v) is 10.8. The Labute approximate surface area is 156 Å². The number of nitrogens with zero attached hydrogens (tertiary/aromatic N) is 3. The van der Waals surface area contributed by atoms with Crippen LogP contribution >= 0.6 is 0 Å². The van der Waals surface area contributed by atoms with Gasteiger partial charge in [-0.2, -0.15) is 4.31 Å². The topological polar surface area (TPSA) is 73.0 Å². The van der Waals surface area contributed by atoms with Crippen LogP contribution in [0.25, 0.3) is 0 Å². The molecule has 3 rings (SSSR count). The molecule has 8 heteroatoms. The molecule has 1 amide bonds. The number of carbonyl (C=O) groups is 1. The fourth-order valence-electron chi connectivity index (χ4n) is 3.48. The minimum absolute atomic E-state index is 0.0140. The molecule has 2 aliphatic rings. The van der Waals surface area contributed by atoms with Crippen molar-refractivity contribution in [2.45, 2.75) is 18.7 Å². The van der Waals surface area contributed by atoms with Crippen molar-refractivity contribution in [1.29, 1.82) is 0 Å².